The summed E-state index contributed by atoms with van der Waals surface area (Å²) in [6.07, 6.45) is 2.09. The first-order chi connectivity index (χ1) is 14.0. The second-order valence-electron chi connectivity index (χ2n) is 7.72. The molecule has 2 aromatic rings. The Labute approximate surface area is 169 Å². The molecule has 2 atom stereocenters. The molecule has 4 rings (SSSR count). The SMILES string of the molecule is COC(=O)c1c(C)[nH]c(C(=O)C[NH+]2CCC[C@@H]2c2ccc3c(c2)OCCO3)c1C. The lowest BCUT2D eigenvalue weighted by molar-refractivity contribution is -0.910. The standard InChI is InChI=1S/C22H26N2O5/c1-13-20(22(26)27-3)14(2)23-21(13)17(25)12-24-8-4-5-16(24)15-6-7-18-19(11-15)29-10-9-28-18/h6-7,11,16,23H,4-5,8-10,12H2,1-3H3/p+1/t16-/m1/s1. The summed E-state index contributed by atoms with van der Waals surface area (Å²) in [6.45, 7) is 6.03. The van der Waals surface area contributed by atoms with Crippen LogP contribution in [0.25, 0.3) is 0 Å². The predicted octanol–water partition coefficient (Wildman–Crippen LogP) is 1.79. The molecule has 1 fully saturated rings. The number of esters is 1. The monoisotopic (exact) mass is 399 g/mol. The highest BCUT2D eigenvalue weighted by Gasteiger charge is 2.34. The molecule has 0 radical (unpaired) electrons. The molecule has 3 heterocycles. The quantitative estimate of drug-likeness (QED) is 0.592. The Morgan fingerprint density at radius 2 is 1.97 bits per heavy atom. The summed E-state index contributed by atoms with van der Waals surface area (Å²) < 4.78 is 16.2. The summed E-state index contributed by atoms with van der Waals surface area (Å²) in [5.74, 6) is 1.16. The topological polar surface area (TPSA) is 82.1 Å². The third-order valence-electron chi connectivity index (χ3n) is 5.95. The molecule has 154 valence electrons. The van der Waals surface area contributed by atoms with Gasteiger partial charge in [-0.25, -0.2) is 4.79 Å². The van der Waals surface area contributed by atoms with Crippen LogP contribution in [0.3, 0.4) is 0 Å². The number of carbonyl (C=O) groups excluding carboxylic acids is 2. The van der Waals surface area contributed by atoms with Crippen LogP contribution < -0.4 is 14.4 Å². The third kappa shape index (κ3) is 3.62. The van der Waals surface area contributed by atoms with Gasteiger partial charge in [-0.15, -0.1) is 0 Å². The number of methoxy groups -OCH3 is 1. The van der Waals surface area contributed by atoms with Gasteiger partial charge in [-0.05, 0) is 37.6 Å². The fourth-order valence-corrected chi connectivity index (χ4v) is 4.53. The van der Waals surface area contributed by atoms with E-state index in [1.54, 1.807) is 13.8 Å². The molecule has 2 N–H and O–H groups in total. The first-order valence-corrected chi connectivity index (χ1v) is 10.0. The normalized spacial score (nSPS) is 20.5. The number of Topliss-reactive ketones (excluding diaryl/α,β-unsaturated/α-hetero) is 1. The molecule has 7 heteroatoms. The first-order valence-electron chi connectivity index (χ1n) is 10.0. The molecule has 1 saturated heterocycles. The second kappa shape index (κ2) is 7.91. The van der Waals surface area contributed by atoms with Crippen molar-refractivity contribution in [3.05, 3.63) is 46.3 Å². The molecule has 1 aromatic carbocycles. The molecule has 0 amide bonds. The summed E-state index contributed by atoms with van der Waals surface area (Å²) >= 11 is 0. The Hall–Kier alpha value is -2.80. The van der Waals surface area contributed by atoms with Crippen molar-refractivity contribution >= 4 is 11.8 Å². The van der Waals surface area contributed by atoms with Crippen LogP contribution in [0.5, 0.6) is 11.5 Å². The lowest BCUT2D eigenvalue weighted by atomic mass is 10.0. The molecular formula is C22H27N2O5+. The average Bonchev–Trinajstić information content (AvgIpc) is 3.30. The van der Waals surface area contributed by atoms with E-state index in [1.807, 2.05) is 12.1 Å². The van der Waals surface area contributed by atoms with Gasteiger partial charge in [-0.1, -0.05) is 0 Å². The summed E-state index contributed by atoms with van der Waals surface area (Å²) in [4.78, 5) is 29.4. The van der Waals surface area contributed by atoms with Crippen LogP contribution in [0.1, 0.15) is 56.6 Å². The number of aromatic amines is 1. The Morgan fingerprint density at radius 3 is 2.72 bits per heavy atom. The highest BCUT2D eigenvalue weighted by molar-refractivity contribution is 6.01. The molecule has 0 saturated carbocycles. The van der Waals surface area contributed by atoms with Crippen molar-refractivity contribution in [2.45, 2.75) is 32.7 Å². The molecule has 7 nitrogen and oxygen atoms in total. The zero-order valence-corrected chi connectivity index (χ0v) is 17.1. The molecule has 1 unspecified atom stereocenters. The van der Waals surface area contributed by atoms with Crippen LogP contribution >= 0.6 is 0 Å². The largest absolute Gasteiger partial charge is 0.486 e. The van der Waals surface area contributed by atoms with Crippen molar-refractivity contribution in [2.75, 3.05) is 33.4 Å². The molecule has 2 aliphatic heterocycles. The van der Waals surface area contributed by atoms with Gasteiger partial charge in [0.25, 0.3) is 0 Å². The van der Waals surface area contributed by atoms with Crippen LogP contribution in [-0.4, -0.2) is 50.1 Å². The van der Waals surface area contributed by atoms with Crippen LogP contribution in [0, 0.1) is 13.8 Å². The number of hydrogen-bond acceptors (Lipinski definition) is 5. The number of aryl methyl sites for hydroxylation is 1. The summed E-state index contributed by atoms with van der Waals surface area (Å²) in [5, 5.41) is 0. The van der Waals surface area contributed by atoms with E-state index in [1.165, 1.54) is 17.6 Å². The minimum absolute atomic E-state index is 0.0141. The van der Waals surface area contributed by atoms with E-state index in [0.29, 0.717) is 42.3 Å². The van der Waals surface area contributed by atoms with Crippen LogP contribution in [-0.2, 0) is 4.74 Å². The summed E-state index contributed by atoms with van der Waals surface area (Å²) in [7, 11) is 1.35. The molecule has 0 spiro atoms. The first kappa shape index (κ1) is 19.5. The molecule has 2 aliphatic rings. The number of ketones is 1. The Morgan fingerprint density at radius 1 is 1.21 bits per heavy atom. The van der Waals surface area contributed by atoms with Crippen molar-refractivity contribution < 1.29 is 28.7 Å². The van der Waals surface area contributed by atoms with Gasteiger partial charge in [0.15, 0.2) is 11.5 Å². The number of hydrogen-bond donors (Lipinski definition) is 2. The van der Waals surface area contributed by atoms with E-state index in [2.05, 4.69) is 11.1 Å². The van der Waals surface area contributed by atoms with E-state index in [0.717, 1.165) is 30.9 Å². The van der Waals surface area contributed by atoms with Crippen molar-refractivity contribution in [2.24, 2.45) is 0 Å². The number of rotatable bonds is 5. The van der Waals surface area contributed by atoms with E-state index in [4.69, 9.17) is 14.2 Å². The zero-order valence-electron chi connectivity index (χ0n) is 17.1. The van der Waals surface area contributed by atoms with Crippen molar-refractivity contribution in [1.29, 1.82) is 0 Å². The minimum Gasteiger partial charge on any atom is -0.486 e. The highest BCUT2D eigenvalue weighted by Crippen LogP contribution is 2.33. The lowest BCUT2D eigenvalue weighted by Gasteiger charge is -2.24. The zero-order chi connectivity index (χ0) is 20.5. The summed E-state index contributed by atoms with van der Waals surface area (Å²) in [5.41, 5.74) is 3.45. The van der Waals surface area contributed by atoms with Gasteiger partial charge in [0.2, 0.25) is 5.78 Å². The van der Waals surface area contributed by atoms with Crippen molar-refractivity contribution in [1.82, 2.24) is 4.98 Å². The maximum absolute atomic E-state index is 13.1. The maximum Gasteiger partial charge on any atom is 0.339 e. The number of benzene rings is 1. The minimum atomic E-state index is -0.419. The molecule has 0 aliphatic carbocycles. The average molecular weight is 399 g/mol. The predicted molar refractivity (Wildman–Crippen MR) is 106 cm³/mol. The number of likely N-dealkylation sites (tertiary alicyclic amines) is 1. The molecular weight excluding hydrogens is 372 g/mol. The Kier molecular flexibility index (Phi) is 5.32. The van der Waals surface area contributed by atoms with E-state index >= 15 is 0 Å². The van der Waals surface area contributed by atoms with E-state index in [9.17, 15) is 9.59 Å². The van der Waals surface area contributed by atoms with Gasteiger partial charge in [0.05, 0.1) is 24.9 Å². The van der Waals surface area contributed by atoms with Gasteiger partial charge in [-0.2, -0.15) is 0 Å². The van der Waals surface area contributed by atoms with Gasteiger partial charge < -0.3 is 24.1 Å². The van der Waals surface area contributed by atoms with Crippen LogP contribution in [0.2, 0.25) is 0 Å². The third-order valence-corrected chi connectivity index (χ3v) is 5.95. The van der Waals surface area contributed by atoms with Gasteiger partial charge in [0, 0.05) is 24.1 Å². The van der Waals surface area contributed by atoms with Crippen LogP contribution in [0.4, 0.5) is 0 Å². The number of fused-ring (bicyclic) bond motifs is 1. The molecule has 29 heavy (non-hydrogen) atoms. The fourth-order valence-electron chi connectivity index (χ4n) is 4.53. The number of quaternary nitrogens is 1. The van der Waals surface area contributed by atoms with E-state index < -0.39 is 5.97 Å². The van der Waals surface area contributed by atoms with Gasteiger partial charge >= 0.3 is 5.97 Å². The van der Waals surface area contributed by atoms with Crippen LogP contribution in [0.15, 0.2) is 18.2 Å². The second-order valence-corrected chi connectivity index (χ2v) is 7.72. The Bertz CT molecular complexity index is 949. The number of ether oxygens (including phenoxy) is 3. The Balaban J connectivity index is 1.53. The number of carbonyl (C=O) groups is 2. The van der Waals surface area contributed by atoms with Crippen molar-refractivity contribution in [3.8, 4) is 11.5 Å². The number of nitrogens with one attached hydrogen (secondary N) is 2. The van der Waals surface area contributed by atoms with E-state index in [-0.39, 0.29) is 11.8 Å². The molecule has 0 bridgehead atoms. The lowest BCUT2D eigenvalue weighted by Crippen LogP contribution is -3.11. The number of aromatic nitrogens is 1. The van der Waals surface area contributed by atoms with Gasteiger partial charge in [-0.3, -0.25) is 4.79 Å². The number of H-pyrrole nitrogens is 1. The molecule has 1 aromatic heterocycles. The highest BCUT2D eigenvalue weighted by atomic mass is 16.6. The van der Waals surface area contributed by atoms with Crippen molar-refractivity contribution in [3.63, 3.8) is 0 Å². The smallest absolute Gasteiger partial charge is 0.339 e. The summed E-state index contributed by atoms with van der Waals surface area (Å²) in [6, 6.07) is 6.33. The van der Waals surface area contributed by atoms with Gasteiger partial charge in [0.1, 0.15) is 25.8 Å². The fraction of sp³-hybridized carbons (Fsp3) is 0.455. The maximum atomic E-state index is 13.1.